The summed E-state index contributed by atoms with van der Waals surface area (Å²) in [5, 5.41) is 5.58. The zero-order valence-electron chi connectivity index (χ0n) is 15.4. The van der Waals surface area contributed by atoms with E-state index in [2.05, 4.69) is 44.3 Å². The van der Waals surface area contributed by atoms with Crippen LogP contribution in [0.1, 0.15) is 36.7 Å². The van der Waals surface area contributed by atoms with E-state index in [0.29, 0.717) is 10.6 Å². The van der Waals surface area contributed by atoms with Gasteiger partial charge in [-0.2, -0.15) is 0 Å². The molecule has 0 spiro atoms. The van der Waals surface area contributed by atoms with E-state index in [0.717, 1.165) is 23.8 Å². The molecule has 0 unspecified atom stereocenters. The highest BCUT2D eigenvalue weighted by Gasteiger charge is 2.29. The van der Waals surface area contributed by atoms with Gasteiger partial charge in [0.05, 0.1) is 13.0 Å². The topological polar surface area (TPSA) is 76.7 Å². The first kappa shape index (κ1) is 24.3. The molecule has 0 bridgehead atoms. The minimum atomic E-state index is -0.421. The van der Waals surface area contributed by atoms with Crippen molar-refractivity contribution in [1.82, 2.24) is 10.6 Å². The van der Waals surface area contributed by atoms with E-state index >= 15 is 0 Å². The molecule has 9 heteroatoms. The molecule has 2 rings (SSSR count). The Kier molecular flexibility index (Phi) is 12.7. The maximum atomic E-state index is 11.9. The first-order valence-corrected chi connectivity index (χ1v) is 8.97. The smallest absolute Gasteiger partial charge is 0.356 e. The maximum Gasteiger partial charge on any atom is 0.503 e. The summed E-state index contributed by atoms with van der Waals surface area (Å²) in [6.07, 6.45) is 8.25. The van der Waals surface area contributed by atoms with Gasteiger partial charge in [0.2, 0.25) is 5.91 Å². The number of hydrogen-bond donors (Lipinski definition) is 2. The Morgan fingerprint density at radius 1 is 1.23 bits per heavy atom. The molecule has 1 heterocycles. The summed E-state index contributed by atoms with van der Waals surface area (Å²) in [6, 6.07) is 5.02. The highest BCUT2D eigenvalue weighted by Crippen LogP contribution is 2.20. The second kappa shape index (κ2) is 13.5. The number of terminal acetylenes is 1. The van der Waals surface area contributed by atoms with Crippen molar-refractivity contribution in [1.29, 1.82) is 0 Å². The quantitative estimate of drug-likeness (QED) is 0.453. The molecular weight excluding hydrogens is 375 g/mol. The summed E-state index contributed by atoms with van der Waals surface area (Å²) in [5.74, 6) is 0.175. The second-order valence-electron chi connectivity index (χ2n) is 5.87. The van der Waals surface area contributed by atoms with Crippen LogP contribution in [-0.4, -0.2) is 31.9 Å². The number of carbonyl (C=O) groups is 2. The third-order valence-electron chi connectivity index (χ3n) is 2.61. The van der Waals surface area contributed by atoms with Gasteiger partial charge in [0.15, 0.2) is 0 Å². The maximum absolute atomic E-state index is 11.9. The Bertz CT molecular complexity index is 607. The van der Waals surface area contributed by atoms with Gasteiger partial charge in [-0.3, -0.25) is 9.59 Å². The van der Waals surface area contributed by atoms with Crippen LogP contribution in [0.4, 0.5) is 0 Å². The van der Waals surface area contributed by atoms with Crippen LogP contribution in [0.3, 0.4) is 0 Å². The van der Waals surface area contributed by atoms with Crippen molar-refractivity contribution in [2.75, 3.05) is 13.0 Å². The molecule has 1 aromatic rings. The predicted octanol–water partition coefficient (Wildman–Crippen LogP) is 3.04. The average molecular weight is 399 g/mol. The van der Waals surface area contributed by atoms with Crippen molar-refractivity contribution >= 4 is 42.9 Å². The summed E-state index contributed by atoms with van der Waals surface area (Å²) < 4.78 is 9.77. The van der Waals surface area contributed by atoms with E-state index < -0.39 is 7.12 Å². The van der Waals surface area contributed by atoms with E-state index in [4.69, 9.17) is 19.8 Å². The van der Waals surface area contributed by atoms with E-state index in [1.165, 1.54) is 0 Å². The van der Waals surface area contributed by atoms with Crippen LogP contribution in [-0.2, 0) is 13.0 Å². The van der Waals surface area contributed by atoms with E-state index in [1.807, 2.05) is 0 Å². The molecule has 1 fully saturated rings. The molecule has 1 aliphatic heterocycles. The standard InChI is InChI=1S/C11H12BClN2O4S.C4H10.C2H2/c1-7-2-3-8(13)4-9(7)11(17)14-5-10(16)15-6-12-18-20-19-12;1-4(2)3;1-2/h2-4H,5-6H2,1H3,(H,14,17)(H,15,16);4H,1-3H3;1-2H. The van der Waals surface area contributed by atoms with Crippen molar-refractivity contribution in [3.63, 3.8) is 0 Å². The van der Waals surface area contributed by atoms with Gasteiger partial charge in [-0.15, -0.1) is 12.8 Å². The molecule has 2 N–H and O–H groups in total. The molecule has 26 heavy (non-hydrogen) atoms. The lowest BCUT2D eigenvalue weighted by Gasteiger charge is -2.19. The van der Waals surface area contributed by atoms with Crippen LogP contribution in [0.2, 0.25) is 5.02 Å². The molecule has 1 saturated heterocycles. The molecule has 0 aliphatic carbocycles. The molecular formula is C17H24BClN2O4S. The SMILES string of the molecule is C#C.CC(C)C.Cc1ccc(Cl)cc1C(=O)NCC(=O)NCB1OSO1. The molecule has 1 aliphatic rings. The number of aryl methyl sites for hydroxylation is 1. The molecule has 2 amide bonds. The molecule has 142 valence electrons. The third kappa shape index (κ3) is 10.4. The van der Waals surface area contributed by atoms with Crippen molar-refractivity contribution in [3.05, 3.63) is 34.3 Å². The number of hydrogen-bond acceptors (Lipinski definition) is 5. The van der Waals surface area contributed by atoms with Crippen LogP contribution in [0.25, 0.3) is 0 Å². The van der Waals surface area contributed by atoms with Gasteiger partial charge in [0.25, 0.3) is 5.91 Å². The van der Waals surface area contributed by atoms with Crippen molar-refractivity contribution in [2.45, 2.75) is 27.7 Å². The Labute approximate surface area is 165 Å². The summed E-state index contributed by atoms with van der Waals surface area (Å²) in [4.78, 5) is 23.4. The van der Waals surface area contributed by atoms with Crippen molar-refractivity contribution in [2.24, 2.45) is 5.92 Å². The zero-order chi connectivity index (χ0) is 20.1. The predicted molar refractivity (Wildman–Crippen MR) is 107 cm³/mol. The van der Waals surface area contributed by atoms with Gasteiger partial charge in [-0.05, 0) is 30.5 Å². The molecule has 1 aromatic carbocycles. The largest absolute Gasteiger partial charge is 0.503 e. The first-order valence-electron chi connectivity index (χ1n) is 7.92. The molecule has 0 aromatic heterocycles. The summed E-state index contributed by atoms with van der Waals surface area (Å²) in [7, 11) is -0.421. The lowest BCUT2D eigenvalue weighted by Crippen LogP contribution is -2.44. The van der Waals surface area contributed by atoms with Crippen LogP contribution in [0.5, 0.6) is 0 Å². The minimum absolute atomic E-state index is 0.120. The monoisotopic (exact) mass is 398 g/mol. The van der Waals surface area contributed by atoms with E-state index in [-0.39, 0.29) is 24.8 Å². The van der Waals surface area contributed by atoms with Gasteiger partial charge in [0.1, 0.15) is 12.3 Å². The number of benzene rings is 1. The van der Waals surface area contributed by atoms with Gasteiger partial charge in [0, 0.05) is 10.6 Å². The number of rotatable bonds is 5. The fourth-order valence-corrected chi connectivity index (χ4v) is 2.02. The fourth-order valence-electron chi connectivity index (χ4n) is 1.52. The van der Waals surface area contributed by atoms with Crippen LogP contribution in [0, 0.1) is 25.7 Å². The molecule has 0 radical (unpaired) electrons. The Morgan fingerprint density at radius 2 is 1.81 bits per heavy atom. The van der Waals surface area contributed by atoms with Gasteiger partial charge in [-0.25, -0.2) is 0 Å². The van der Waals surface area contributed by atoms with Crippen molar-refractivity contribution < 1.29 is 17.8 Å². The summed E-state index contributed by atoms with van der Waals surface area (Å²) in [5.41, 5.74) is 1.24. The van der Waals surface area contributed by atoms with Gasteiger partial charge >= 0.3 is 7.12 Å². The molecule has 6 nitrogen and oxygen atoms in total. The Hall–Kier alpha value is -1.66. The minimum Gasteiger partial charge on any atom is -0.356 e. The first-order chi connectivity index (χ1) is 12.3. The summed E-state index contributed by atoms with van der Waals surface area (Å²) in [6.45, 7) is 8.18. The molecule has 0 atom stereocenters. The Balaban J connectivity index is 0.000000920. The lowest BCUT2D eigenvalue weighted by atomic mass is 9.92. The average Bonchev–Trinajstić information content (AvgIpc) is 2.55. The zero-order valence-corrected chi connectivity index (χ0v) is 16.9. The highest BCUT2D eigenvalue weighted by molar-refractivity contribution is 7.93. The highest BCUT2D eigenvalue weighted by atomic mass is 35.5. The second-order valence-corrected chi connectivity index (χ2v) is 6.83. The third-order valence-corrected chi connectivity index (χ3v) is 3.43. The number of carbonyl (C=O) groups excluding carboxylic acids is 2. The van der Waals surface area contributed by atoms with Crippen LogP contribution in [0.15, 0.2) is 18.2 Å². The Morgan fingerprint density at radius 3 is 2.31 bits per heavy atom. The number of nitrogens with one attached hydrogen (secondary N) is 2. The number of amides is 2. The molecule has 0 saturated carbocycles. The lowest BCUT2D eigenvalue weighted by molar-refractivity contribution is -0.119. The van der Waals surface area contributed by atoms with Crippen LogP contribution >= 0.6 is 23.9 Å². The van der Waals surface area contributed by atoms with Crippen molar-refractivity contribution in [3.8, 4) is 12.8 Å². The van der Waals surface area contributed by atoms with E-state index in [9.17, 15) is 9.59 Å². The fraction of sp³-hybridized carbons (Fsp3) is 0.412. The van der Waals surface area contributed by atoms with Crippen LogP contribution < -0.4 is 10.6 Å². The normalized spacial score (nSPS) is 11.9. The van der Waals surface area contributed by atoms with E-state index in [1.54, 1.807) is 25.1 Å². The van der Waals surface area contributed by atoms with Gasteiger partial charge < -0.3 is 18.8 Å². The van der Waals surface area contributed by atoms with Gasteiger partial charge in [-0.1, -0.05) is 38.4 Å². The number of halogens is 1. The summed E-state index contributed by atoms with van der Waals surface area (Å²) >= 11 is 6.72.